The third-order valence-electron chi connectivity index (χ3n) is 13.0. The van der Waals surface area contributed by atoms with Crippen molar-refractivity contribution in [3.05, 3.63) is 222 Å². The van der Waals surface area contributed by atoms with Crippen molar-refractivity contribution >= 4 is 49.2 Å². The fourth-order valence-electron chi connectivity index (χ4n) is 10.3. The molecule has 2 heterocycles. The fourth-order valence-corrected chi connectivity index (χ4v) is 10.3. The summed E-state index contributed by atoms with van der Waals surface area (Å²) < 4.78 is 2.53. The number of rotatable bonds is 5. The molecule has 2 atom stereocenters. The molecule has 1 aliphatic carbocycles. The molecule has 0 bridgehead atoms. The molecule has 0 saturated heterocycles. The van der Waals surface area contributed by atoms with Crippen LogP contribution in [0.2, 0.25) is 0 Å². The number of benzene rings is 9. The lowest BCUT2D eigenvalue weighted by atomic mass is 9.78. The number of hydrogen-bond acceptors (Lipinski definition) is 3. The van der Waals surface area contributed by atoms with E-state index in [0.29, 0.717) is 0 Å². The number of aliphatic imine (C=N–C) groups is 1. The Morgan fingerprint density at radius 3 is 1.88 bits per heavy atom. The highest BCUT2D eigenvalue weighted by Crippen LogP contribution is 2.57. The molecule has 0 amide bonds. The molecule has 0 radical (unpaired) electrons. The molecule has 4 heteroatoms. The highest BCUT2D eigenvalue weighted by Gasteiger charge is 2.41. The average molecular weight is 771 g/mol. The Balaban J connectivity index is 0.975. The molecule has 10 aromatic rings. The molecule has 4 nitrogen and oxygen atoms in total. The highest BCUT2D eigenvalue weighted by molar-refractivity contribution is 6.21. The van der Waals surface area contributed by atoms with Crippen LogP contribution >= 0.6 is 0 Å². The largest absolute Gasteiger partial charge is 0.350 e. The van der Waals surface area contributed by atoms with E-state index in [9.17, 15) is 0 Å². The van der Waals surface area contributed by atoms with Gasteiger partial charge >= 0.3 is 0 Å². The summed E-state index contributed by atoms with van der Waals surface area (Å²) in [5, 5.41) is 15.3. The topological polar surface area (TPSA) is 41.4 Å². The second kappa shape index (κ2) is 13.4. The van der Waals surface area contributed by atoms with Crippen LogP contribution in [0, 0.1) is 0 Å². The first kappa shape index (κ1) is 34.7. The van der Waals surface area contributed by atoms with Crippen molar-refractivity contribution in [2.45, 2.75) is 31.6 Å². The van der Waals surface area contributed by atoms with Crippen LogP contribution in [0.25, 0.3) is 71.3 Å². The van der Waals surface area contributed by atoms with Crippen LogP contribution in [0.4, 0.5) is 0 Å². The summed E-state index contributed by atoms with van der Waals surface area (Å²) in [5.74, 6) is 0.885. The van der Waals surface area contributed by atoms with E-state index in [0.717, 1.165) is 28.2 Å². The van der Waals surface area contributed by atoms with E-state index in [1.165, 1.54) is 76.7 Å². The monoisotopic (exact) mass is 770 g/mol. The second-order valence-corrected chi connectivity index (χ2v) is 16.8. The molecule has 12 rings (SSSR count). The molecule has 286 valence electrons. The first-order valence-electron chi connectivity index (χ1n) is 21.0. The van der Waals surface area contributed by atoms with Crippen LogP contribution in [0.15, 0.2) is 199 Å². The first-order chi connectivity index (χ1) is 29.5. The van der Waals surface area contributed by atoms with E-state index >= 15 is 0 Å². The number of hydrogen-bond donors (Lipinski definition) is 2. The van der Waals surface area contributed by atoms with Crippen LogP contribution in [0.5, 0.6) is 0 Å². The summed E-state index contributed by atoms with van der Waals surface area (Å²) in [4.78, 5) is 5.10. The van der Waals surface area contributed by atoms with Crippen molar-refractivity contribution in [1.29, 1.82) is 0 Å². The quantitative estimate of drug-likeness (QED) is 0.171. The van der Waals surface area contributed by atoms with E-state index in [1.54, 1.807) is 0 Å². The van der Waals surface area contributed by atoms with Gasteiger partial charge in [0.1, 0.15) is 18.2 Å². The van der Waals surface area contributed by atoms with Gasteiger partial charge in [0, 0.05) is 27.4 Å². The number of nitrogens with zero attached hydrogens (tertiary/aromatic N) is 2. The maximum absolute atomic E-state index is 5.10. The Hall–Kier alpha value is -7.27. The van der Waals surface area contributed by atoms with Gasteiger partial charge in [0.2, 0.25) is 0 Å². The summed E-state index contributed by atoms with van der Waals surface area (Å²) in [6.45, 7) is 4.87. The molecule has 9 aromatic carbocycles. The van der Waals surface area contributed by atoms with Crippen molar-refractivity contribution in [3.63, 3.8) is 0 Å². The molecule has 0 fully saturated rings. The predicted octanol–water partition coefficient (Wildman–Crippen LogP) is 13.4. The van der Waals surface area contributed by atoms with Gasteiger partial charge in [0.15, 0.2) is 0 Å². The minimum absolute atomic E-state index is 0.121. The van der Waals surface area contributed by atoms with Crippen LogP contribution < -0.4 is 10.6 Å². The van der Waals surface area contributed by atoms with Gasteiger partial charge in [-0.1, -0.05) is 190 Å². The Kier molecular flexibility index (Phi) is 7.75. The van der Waals surface area contributed by atoms with Crippen molar-refractivity contribution in [2.24, 2.45) is 4.99 Å². The average Bonchev–Trinajstić information content (AvgIpc) is 3.78. The van der Waals surface area contributed by atoms with Crippen LogP contribution in [-0.2, 0) is 5.41 Å². The number of nitrogens with one attached hydrogen (secondary N) is 2. The zero-order chi connectivity index (χ0) is 40.0. The normalized spacial score (nSPS) is 16.8. The van der Waals surface area contributed by atoms with E-state index < -0.39 is 0 Å². The lowest BCUT2D eigenvalue weighted by Gasteiger charge is -2.32. The number of aromatic nitrogens is 1. The van der Waals surface area contributed by atoms with Crippen LogP contribution in [0.1, 0.15) is 54.0 Å². The maximum Gasteiger partial charge on any atom is 0.131 e. The summed E-state index contributed by atoms with van der Waals surface area (Å²) in [6, 6.07) is 70.6. The Morgan fingerprint density at radius 2 is 1.12 bits per heavy atom. The van der Waals surface area contributed by atoms with Gasteiger partial charge in [-0.3, -0.25) is 5.32 Å². The van der Waals surface area contributed by atoms with E-state index in [2.05, 4.69) is 217 Å². The van der Waals surface area contributed by atoms with Crippen molar-refractivity contribution < 1.29 is 0 Å². The van der Waals surface area contributed by atoms with Gasteiger partial charge in [-0.05, 0) is 84.3 Å². The molecule has 2 aliphatic rings. The molecular formula is C56H42N4. The van der Waals surface area contributed by atoms with Crippen LogP contribution in [-0.4, -0.2) is 10.4 Å². The minimum Gasteiger partial charge on any atom is -0.350 e. The number of para-hydroxylation sites is 1. The Labute approximate surface area is 349 Å². The smallest absolute Gasteiger partial charge is 0.131 e. The standard InChI is InChI=1S/C56H42N4/c1-56(2)50-45-26-12-10-23-42(45)41-22-9-11-25-44(41)49(50)47-33-32-46-43-24-13-14-27-48(43)60(52(46)51(47)56)40-21-15-20-39(34-40)35-28-30-38(31-29-35)55-58-53(36-16-5-3-6-17-36)57-54(59-55)37-18-7-4-8-19-37/h3-34,53,55,58H,1-2H3,(H,57,59). The lowest BCUT2D eigenvalue weighted by molar-refractivity contribution is 0.409. The molecule has 1 aromatic heterocycles. The van der Waals surface area contributed by atoms with Gasteiger partial charge in [-0.25, -0.2) is 4.99 Å². The second-order valence-electron chi connectivity index (χ2n) is 16.8. The number of fused-ring (bicyclic) bond motifs is 12. The van der Waals surface area contributed by atoms with Crippen molar-refractivity contribution in [2.75, 3.05) is 0 Å². The summed E-state index contributed by atoms with van der Waals surface area (Å²) in [7, 11) is 0. The maximum atomic E-state index is 5.10. The molecule has 2 unspecified atom stereocenters. The molecule has 0 saturated carbocycles. The third kappa shape index (κ3) is 5.24. The van der Waals surface area contributed by atoms with Gasteiger partial charge < -0.3 is 9.88 Å². The van der Waals surface area contributed by atoms with Crippen molar-refractivity contribution in [1.82, 2.24) is 15.2 Å². The molecule has 2 N–H and O–H groups in total. The van der Waals surface area contributed by atoms with E-state index in [-0.39, 0.29) is 17.7 Å². The summed E-state index contributed by atoms with van der Waals surface area (Å²) >= 11 is 0. The Morgan fingerprint density at radius 1 is 0.483 bits per heavy atom. The summed E-state index contributed by atoms with van der Waals surface area (Å²) in [5.41, 5.74) is 14.6. The minimum atomic E-state index is -0.251. The number of amidine groups is 1. The van der Waals surface area contributed by atoms with E-state index in [1.807, 2.05) is 6.07 Å². The Bertz CT molecular complexity index is 3340. The zero-order valence-electron chi connectivity index (χ0n) is 33.5. The molecule has 1 aliphatic heterocycles. The predicted molar refractivity (Wildman–Crippen MR) is 250 cm³/mol. The molecular weight excluding hydrogens is 729 g/mol. The first-order valence-corrected chi connectivity index (χ1v) is 21.0. The van der Waals surface area contributed by atoms with E-state index in [4.69, 9.17) is 4.99 Å². The zero-order valence-corrected chi connectivity index (χ0v) is 33.5. The molecule has 60 heavy (non-hydrogen) atoms. The highest BCUT2D eigenvalue weighted by atomic mass is 15.3. The third-order valence-corrected chi connectivity index (χ3v) is 13.0. The molecule has 0 spiro atoms. The van der Waals surface area contributed by atoms with Gasteiger partial charge in [-0.15, -0.1) is 0 Å². The summed E-state index contributed by atoms with van der Waals surface area (Å²) in [6.07, 6.45) is -0.295. The lowest BCUT2D eigenvalue weighted by Crippen LogP contribution is -2.44. The van der Waals surface area contributed by atoms with Gasteiger partial charge in [0.05, 0.1) is 11.0 Å². The van der Waals surface area contributed by atoms with Gasteiger partial charge in [-0.2, -0.15) is 0 Å². The SMILES string of the molecule is CC1(C)c2c(c3ccccc3c3ccccc23)-c2ccc3c4ccccc4n(-c4cccc(-c5ccc(C6NC(c7ccccc7)=NC(c7ccccc7)N6)cc5)c4)c3c21. The van der Waals surface area contributed by atoms with Gasteiger partial charge in [0.25, 0.3) is 0 Å². The fraction of sp³-hybridized carbons (Fsp3) is 0.0893. The van der Waals surface area contributed by atoms with Crippen molar-refractivity contribution in [3.8, 4) is 27.9 Å². The van der Waals surface area contributed by atoms with Crippen LogP contribution in [0.3, 0.4) is 0 Å².